The number of nitrogens with zero attached hydrogens (tertiary/aromatic N) is 1. The molecule has 7 nitrogen and oxygen atoms in total. The number of carbonyl (C=O) groups excluding carboxylic acids is 1. The molecule has 0 atom stereocenters. The fraction of sp³-hybridized carbons (Fsp3) is 0.304. The molecule has 0 fully saturated rings. The number of unbranched alkanes of at least 4 members (excludes halogenated alkanes) is 1. The average molecular weight is 411 g/mol. The fourth-order valence-corrected chi connectivity index (χ4v) is 2.75. The molecular formula is C23H25NO6. The van der Waals surface area contributed by atoms with Gasteiger partial charge in [0, 0.05) is 11.6 Å². The van der Waals surface area contributed by atoms with Crippen LogP contribution >= 0.6 is 0 Å². The summed E-state index contributed by atoms with van der Waals surface area (Å²) in [6.45, 7) is 2.77. The first-order valence-electron chi connectivity index (χ1n) is 9.72. The van der Waals surface area contributed by atoms with Crippen molar-refractivity contribution < 1.29 is 28.3 Å². The van der Waals surface area contributed by atoms with Gasteiger partial charge in [0.15, 0.2) is 17.3 Å². The molecule has 1 aromatic heterocycles. The number of benzene rings is 2. The number of hydrogen-bond acceptors (Lipinski definition) is 7. The Bertz CT molecular complexity index is 964. The first kappa shape index (κ1) is 21.2. The molecule has 0 amide bonds. The van der Waals surface area contributed by atoms with Crippen molar-refractivity contribution in [1.82, 2.24) is 5.16 Å². The van der Waals surface area contributed by atoms with E-state index in [1.807, 2.05) is 6.07 Å². The van der Waals surface area contributed by atoms with E-state index in [2.05, 4.69) is 12.1 Å². The van der Waals surface area contributed by atoms with Gasteiger partial charge in [-0.25, -0.2) is 4.79 Å². The molecule has 0 spiro atoms. The first-order chi connectivity index (χ1) is 14.6. The molecule has 0 N–H and O–H groups in total. The van der Waals surface area contributed by atoms with Gasteiger partial charge >= 0.3 is 5.97 Å². The summed E-state index contributed by atoms with van der Waals surface area (Å²) < 4.78 is 26.8. The summed E-state index contributed by atoms with van der Waals surface area (Å²) in [4.78, 5) is 12.3. The van der Waals surface area contributed by atoms with Gasteiger partial charge in [-0.1, -0.05) is 18.5 Å². The van der Waals surface area contributed by atoms with Crippen LogP contribution in [0.2, 0.25) is 0 Å². The third-order valence-electron chi connectivity index (χ3n) is 4.43. The van der Waals surface area contributed by atoms with E-state index in [1.165, 1.54) is 0 Å². The zero-order valence-electron chi connectivity index (χ0n) is 17.3. The van der Waals surface area contributed by atoms with Crippen LogP contribution in [0.5, 0.6) is 17.2 Å². The number of methoxy groups -OCH3 is 2. The van der Waals surface area contributed by atoms with Crippen molar-refractivity contribution in [3.8, 4) is 28.6 Å². The second-order valence-corrected chi connectivity index (χ2v) is 6.55. The lowest BCUT2D eigenvalue weighted by molar-refractivity contribution is 0.0464. The lowest BCUT2D eigenvalue weighted by Crippen LogP contribution is -2.05. The SMILES string of the molecule is CCCCOc1ccc(C(=O)OCc2cc(-c3ccc(OC)c(OC)c3)on2)cc1. The van der Waals surface area contributed by atoms with Crippen molar-refractivity contribution >= 4 is 5.97 Å². The molecule has 0 aliphatic rings. The van der Waals surface area contributed by atoms with Gasteiger partial charge in [0.25, 0.3) is 0 Å². The quantitative estimate of drug-likeness (QED) is 0.347. The normalized spacial score (nSPS) is 10.5. The van der Waals surface area contributed by atoms with E-state index in [4.69, 9.17) is 23.5 Å². The highest BCUT2D eigenvalue weighted by molar-refractivity contribution is 5.89. The van der Waals surface area contributed by atoms with Gasteiger partial charge in [-0.2, -0.15) is 0 Å². The molecule has 158 valence electrons. The minimum Gasteiger partial charge on any atom is -0.494 e. The standard InChI is InChI=1S/C23H25NO6/c1-4-5-12-28-19-9-6-16(7-10-19)23(25)29-15-18-14-21(30-24-18)17-8-11-20(26-2)22(13-17)27-3/h6-11,13-14H,4-5,12,15H2,1-3H3. The van der Waals surface area contributed by atoms with Crippen LogP contribution in [-0.2, 0) is 11.3 Å². The van der Waals surface area contributed by atoms with Crippen LogP contribution in [0.25, 0.3) is 11.3 Å². The Morgan fingerprint density at radius 2 is 1.77 bits per heavy atom. The molecule has 0 saturated heterocycles. The van der Waals surface area contributed by atoms with Gasteiger partial charge in [0.05, 0.1) is 26.4 Å². The molecule has 2 aromatic carbocycles. The number of carbonyl (C=O) groups is 1. The maximum absolute atomic E-state index is 12.3. The molecule has 0 radical (unpaired) electrons. The molecule has 1 heterocycles. The lowest BCUT2D eigenvalue weighted by atomic mass is 10.1. The summed E-state index contributed by atoms with van der Waals surface area (Å²) in [5.41, 5.74) is 1.73. The Kier molecular flexibility index (Phi) is 7.32. The highest BCUT2D eigenvalue weighted by Gasteiger charge is 2.13. The highest BCUT2D eigenvalue weighted by Crippen LogP contribution is 2.32. The highest BCUT2D eigenvalue weighted by atomic mass is 16.5. The number of esters is 1. The van der Waals surface area contributed by atoms with Gasteiger partial charge in [0.1, 0.15) is 18.1 Å². The van der Waals surface area contributed by atoms with Gasteiger partial charge in [-0.3, -0.25) is 0 Å². The molecule has 7 heteroatoms. The van der Waals surface area contributed by atoms with E-state index in [0.29, 0.717) is 35.1 Å². The second-order valence-electron chi connectivity index (χ2n) is 6.55. The average Bonchev–Trinajstić information content (AvgIpc) is 3.26. The summed E-state index contributed by atoms with van der Waals surface area (Å²) in [5.74, 6) is 2.04. The van der Waals surface area contributed by atoms with Crippen molar-refractivity contribution in [2.24, 2.45) is 0 Å². The predicted octanol–water partition coefficient (Wildman–Crippen LogP) is 4.89. The van der Waals surface area contributed by atoms with Gasteiger partial charge in [0.2, 0.25) is 0 Å². The first-order valence-corrected chi connectivity index (χ1v) is 9.72. The Labute approximate surface area is 175 Å². The van der Waals surface area contributed by atoms with Gasteiger partial charge in [-0.05, 0) is 48.9 Å². The van der Waals surface area contributed by atoms with Crippen molar-refractivity contribution in [1.29, 1.82) is 0 Å². The Morgan fingerprint density at radius 3 is 2.47 bits per heavy atom. The third kappa shape index (κ3) is 5.31. The van der Waals surface area contributed by atoms with E-state index >= 15 is 0 Å². The van der Waals surface area contributed by atoms with Crippen LogP contribution in [0.4, 0.5) is 0 Å². The fourth-order valence-electron chi connectivity index (χ4n) is 2.75. The summed E-state index contributed by atoms with van der Waals surface area (Å²) in [5, 5.41) is 3.97. The monoisotopic (exact) mass is 411 g/mol. The third-order valence-corrected chi connectivity index (χ3v) is 4.43. The van der Waals surface area contributed by atoms with Gasteiger partial charge < -0.3 is 23.5 Å². The summed E-state index contributed by atoms with van der Waals surface area (Å²) in [7, 11) is 3.14. The smallest absolute Gasteiger partial charge is 0.338 e. The summed E-state index contributed by atoms with van der Waals surface area (Å²) in [6.07, 6.45) is 2.06. The number of ether oxygens (including phenoxy) is 4. The molecular weight excluding hydrogens is 386 g/mol. The van der Waals surface area contributed by atoms with Crippen molar-refractivity contribution in [2.45, 2.75) is 26.4 Å². The zero-order valence-corrected chi connectivity index (χ0v) is 17.3. The van der Waals surface area contributed by atoms with Crippen molar-refractivity contribution in [3.05, 3.63) is 59.8 Å². The lowest BCUT2D eigenvalue weighted by Gasteiger charge is -2.07. The zero-order chi connectivity index (χ0) is 21.3. The van der Waals surface area contributed by atoms with Crippen molar-refractivity contribution in [2.75, 3.05) is 20.8 Å². The number of hydrogen-bond donors (Lipinski definition) is 0. The Morgan fingerprint density at radius 1 is 1.00 bits per heavy atom. The van der Waals surface area contributed by atoms with Crippen LogP contribution < -0.4 is 14.2 Å². The maximum atomic E-state index is 12.3. The Hall–Kier alpha value is -3.48. The number of aromatic nitrogens is 1. The summed E-state index contributed by atoms with van der Waals surface area (Å²) in [6, 6.07) is 14.0. The molecule has 3 rings (SSSR count). The molecule has 30 heavy (non-hydrogen) atoms. The number of rotatable bonds is 10. The molecule has 0 saturated carbocycles. The topological polar surface area (TPSA) is 80.0 Å². The van der Waals surface area contributed by atoms with Crippen LogP contribution in [0, 0.1) is 0 Å². The van der Waals surface area contributed by atoms with E-state index in [9.17, 15) is 4.79 Å². The van der Waals surface area contributed by atoms with Crippen molar-refractivity contribution in [3.63, 3.8) is 0 Å². The van der Waals surface area contributed by atoms with Crippen LogP contribution in [0.3, 0.4) is 0 Å². The molecule has 3 aromatic rings. The van der Waals surface area contributed by atoms with Crippen LogP contribution in [0.1, 0.15) is 35.8 Å². The largest absolute Gasteiger partial charge is 0.494 e. The van der Waals surface area contributed by atoms with E-state index in [1.54, 1.807) is 56.7 Å². The van der Waals surface area contributed by atoms with Gasteiger partial charge in [-0.15, -0.1) is 0 Å². The van der Waals surface area contributed by atoms with Crippen LogP contribution in [0.15, 0.2) is 53.1 Å². The summed E-state index contributed by atoms with van der Waals surface area (Å²) >= 11 is 0. The minimum atomic E-state index is -0.439. The van der Waals surface area contributed by atoms with Crippen LogP contribution in [-0.4, -0.2) is 32.0 Å². The van der Waals surface area contributed by atoms with E-state index in [-0.39, 0.29) is 6.61 Å². The molecule has 0 unspecified atom stereocenters. The van der Waals surface area contributed by atoms with E-state index < -0.39 is 5.97 Å². The predicted molar refractivity (Wildman–Crippen MR) is 111 cm³/mol. The second kappa shape index (κ2) is 10.3. The molecule has 0 aliphatic heterocycles. The molecule has 0 bridgehead atoms. The maximum Gasteiger partial charge on any atom is 0.338 e. The minimum absolute atomic E-state index is 0.00434. The van der Waals surface area contributed by atoms with E-state index in [0.717, 1.165) is 24.2 Å². The molecule has 0 aliphatic carbocycles. The Balaban J connectivity index is 1.58.